The van der Waals surface area contributed by atoms with Gasteiger partial charge in [-0.15, -0.1) is 0 Å². The number of carbonyl (C=O) groups excluding carboxylic acids is 1. The first-order chi connectivity index (χ1) is 3.42. The van der Waals surface area contributed by atoms with Crippen molar-refractivity contribution in [2.75, 3.05) is 0 Å². The molecule has 0 atom stereocenters. The van der Waals surface area contributed by atoms with Crippen LogP contribution in [0.25, 0.3) is 0 Å². The molecule has 0 aromatic rings. The number of hydrogen-bond donors (Lipinski definition) is 1. The lowest BCUT2D eigenvalue weighted by molar-refractivity contribution is -0.120. The van der Waals surface area contributed by atoms with Crippen molar-refractivity contribution >= 4 is 5.91 Å². The number of carbonyl (C=O) groups is 1. The summed E-state index contributed by atoms with van der Waals surface area (Å²) in [4.78, 5) is 10.3. The lowest BCUT2D eigenvalue weighted by Gasteiger charge is -2.18. The van der Waals surface area contributed by atoms with Crippen LogP contribution in [-0.2, 0) is 4.79 Å². The van der Waals surface area contributed by atoms with E-state index in [1.165, 1.54) is 6.92 Å². The van der Waals surface area contributed by atoms with Gasteiger partial charge in [-0.2, -0.15) is 0 Å². The minimum atomic E-state index is -0.328. The maximum Gasteiger partial charge on any atom is 0.217 e. The Morgan fingerprint density at radius 1 is 1.62 bits per heavy atom. The van der Waals surface area contributed by atoms with Crippen molar-refractivity contribution in [1.82, 2.24) is 5.32 Å². The molecule has 0 aromatic carbocycles. The molecule has 0 aliphatic rings. The molecular weight excluding hydrogens is 102 g/mol. The molecule has 0 fully saturated rings. The van der Waals surface area contributed by atoms with Gasteiger partial charge in [0.2, 0.25) is 5.91 Å². The second-order valence-corrected chi connectivity index (χ2v) is 2.57. The van der Waals surface area contributed by atoms with E-state index in [1.54, 1.807) is 0 Å². The molecule has 0 saturated carbocycles. The van der Waals surface area contributed by atoms with Crippen molar-refractivity contribution in [3.05, 3.63) is 6.92 Å². The minimum Gasteiger partial charge on any atom is -0.351 e. The molecule has 0 unspecified atom stereocenters. The Morgan fingerprint density at radius 2 is 2.00 bits per heavy atom. The standard InChI is InChI=1S/C6H12NO/c1-5(8)7-6(2,3)4/h2H2,1,3-4H3,(H,7,8). The van der Waals surface area contributed by atoms with Crippen molar-refractivity contribution < 1.29 is 4.79 Å². The zero-order chi connectivity index (χ0) is 6.78. The Morgan fingerprint density at radius 3 is 2.00 bits per heavy atom. The summed E-state index contributed by atoms with van der Waals surface area (Å²) < 4.78 is 0. The zero-order valence-electron chi connectivity index (χ0n) is 5.62. The average Bonchev–Trinajstić information content (AvgIpc) is 1.21. The first-order valence-corrected chi connectivity index (χ1v) is 2.56. The van der Waals surface area contributed by atoms with Crippen molar-refractivity contribution in [3.8, 4) is 0 Å². The average molecular weight is 114 g/mol. The predicted molar refractivity (Wildman–Crippen MR) is 33.3 cm³/mol. The molecule has 1 radical (unpaired) electrons. The molecule has 8 heavy (non-hydrogen) atoms. The Kier molecular flexibility index (Phi) is 2.02. The highest BCUT2D eigenvalue weighted by atomic mass is 16.1. The van der Waals surface area contributed by atoms with E-state index in [9.17, 15) is 4.79 Å². The number of nitrogens with one attached hydrogen (secondary N) is 1. The maximum absolute atomic E-state index is 10.3. The highest BCUT2D eigenvalue weighted by Crippen LogP contribution is 1.95. The summed E-state index contributed by atoms with van der Waals surface area (Å²) in [5, 5.41) is 2.63. The third-order valence-corrected chi connectivity index (χ3v) is 0.514. The van der Waals surface area contributed by atoms with Crippen LogP contribution in [0.2, 0.25) is 0 Å². The van der Waals surface area contributed by atoms with Gasteiger partial charge in [0, 0.05) is 12.5 Å². The normalized spacial score (nSPS) is 11.0. The van der Waals surface area contributed by atoms with Crippen molar-refractivity contribution in [1.29, 1.82) is 0 Å². The summed E-state index contributed by atoms with van der Waals surface area (Å²) in [6, 6.07) is 0. The van der Waals surface area contributed by atoms with Crippen molar-refractivity contribution in [2.45, 2.75) is 26.3 Å². The van der Waals surface area contributed by atoms with Gasteiger partial charge < -0.3 is 5.32 Å². The van der Waals surface area contributed by atoms with Crippen LogP contribution in [0.15, 0.2) is 0 Å². The van der Waals surface area contributed by atoms with Crippen LogP contribution in [0.1, 0.15) is 20.8 Å². The summed E-state index contributed by atoms with van der Waals surface area (Å²) in [5.41, 5.74) is -0.328. The monoisotopic (exact) mass is 114 g/mol. The molecule has 47 valence electrons. The van der Waals surface area contributed by atoms with E-state index < -0.39 is 0 Å². The zero-order valence-corrected chi connectivity index (χ0v) is 5.62. The largest absolute Gasteiger partial charge is 0.351 e. The minimum absolute atomic E-state index is 0.0370. The molecule has 0 saturated heterocycles. The molecule has 2 heteroatoms. The molecular formula is C6H12NO. The molecule has 0 aromatic heterocycles. The van der Waals surface area contributed by atoms with Crippen LogP contribution >= 0.6 is 0 Å². The van der Waals surface area contributed by atoms with Gasteiger partial charge in [0.25, 0.3) is 0 Å². The van der Waals surface area contributed by atoms with Gasteiger partial charge in [0.05, 0.1) is 0 Å². The first-order valence-electron chi connectivity index (χ1n) is 2.56. The molecule has 0 bridgehead atoms. The van der Waals surface area contributed by atoms with E-state index in [4.69, 9.17) is 0 Å². The fourth-order valence-corrected chi connectivity index (χ4v) is 0.477. The topological polar surface area (TPSA) is 29.1 Å². The lowest BCUT2D eigenvalue weighted by Crippen LogP contribution is -2.39. The summed E-state index contributed by atoms with van der Waals surface area (Å²) >= 11 is 0. The first kappa shape index (κ1) is 7.47. The van der Waals surface area contributed by atoms with E-state index in [0.717, 1.165) is 0 Å². The Bertz CT molecular complexity index is 91.2. The summed E-state index contributed by atoms with van der Waals surface area (Å²) in [6.45, 7) is 8.84. The molecule has 2 nitrogen and oxygen atoms in total. The quantitative estimate of drug-likeness (QED) is 0.535. The van der Waals surface area contributed by atoms with Gasteiger partial charge in [-0.25, -0.2) is 0 Å². The third-order valence-electron chi connectivity index (χ3n) is 0.514. The van der Waals surface area contributed by atoms with Gasteiger partial charge in [-0.3, -0.25) is 4.79 Å². The molecule has 0 aliphatic carbocycles. The van der Waals surface area contributed by atoms with Gasteiger partial charge in [0.15, 0.2) is 0 Å². The summed E-state index contributed by atoms with van der Waals surface area (Å²) in [6.07, 6.45) is 0. The van der Waals surface area contributed by atoms with Crippen molar-refractivity contribution in [3.63, 3.8) is 0 Å². The van der Waals surface area contributed by atoms with Crippen LogP contribution in [0.5, 0.6) is 0 Å². The third kappa shape index (κ3) is 5.47. The van der Waals surface area contributed by atoms with E-state index in [1.807, 2.05) is 13.8 Å². The number of hydrogen-bond acceptors (Lipinski definition) is 1. The van der Waals surface area contributed by atoms with Crippen LogP contribution in [0, 0.1) is 6.92 Å². The van der Waals surface area contributed by atoms with E-state index in [2.05, 4.69) is 12.2 Å². The molecule has 0 rings (SSSR count). The van der Waals surface area contributed by atoms with Gasteiger partial charge in [0.1, 0.15) is 0 Å². The van der Waals surface area contributed by atoms with E-state index in [0.29, 0.717) is 0 Å². The molecule has 1 amide bonds. The van der Waals surface area contributed by atoms with Crippen LogP contribution in [-0.4, -0.2) is 11.4 Å². The molecule has 0 spiro atoms. The Balaban J connectivity index is 3.55. The van der Waals surface area contributed by atoms with Crippen molar-refractivity contribution in [2.24, 2.45) is 0 Å². The summed E-state index contributed by atoms with van der Waals surface area (Å²) in [5.74, 6) is -0.0370. The number of amides is 1. The van der Waals surface area contributed by atoms with Gasteiger partial charge >= 0.3 is 0 Å². The van der Waals surface area contributed by atoms with Gasteiger partial charge in [-0.1, -0.05) is 0 Å². The highest BCUT2D eigenvalue weighted by Gasteiger charge is 2.09. The second kappa shape index (κ2) is 2.16. The number of rotatable bonds is 1. The summed E-state index contributed by atoms with van der Waals surface area (Å²) in [7, 11) is 0. The van der Waals surface area contributed by atoms with E-state index >= 15 is 0 Å². The fraction of sp³-hybridized carbons (Fsp3) is 0.667. The van der Waals surface area contributed by atoms with Crippen LogP contribution in [0.4, 0.5) is 0 Å². The smallest absolute Gasteiger partial charge is 0.217 e. The highest BCUT2D eigenvalue weighted by molar-refractivity contribution is 5.73. The Hall–Kier alpha value is -0.530. The molecule has 0 aliphatic heterocycles. The lowest BCUT2D eigenvalue weighted by atomic mass is 10.1. The van der Waals surface area contributed by atoms with Gasteiger partial charge in [-0.05, 0) is 20.8 Å². The predicted octanol–water partition coefficient (Wildman–Crippen LogP) is 0.735. The fourth-order valence-electron chi connectivity index (χ4n) is 0.477. The molecule has 0 heterocycles. The van der Waals surface area contributed by atoms with E-state index in [-0.39, 0.29) is 11.4 Å². The Labute approximate surface area is 50.3 Å². The van der Waals surface area contributed by atoms with Crippen LogP contribution < -0.4 is 5.32 Å². The SMILES string of the molecule is [CH2]C(C)(C)NC(C)=O. The second-order valence-electron chi connectivity index (χ2n) is 2.57. The molecule has 1 N–H and O–H groups in total. The maximum atomic E-state index is 10.3. The van der Waals surface area contributed by atoms with Crippen LogP contribution in [0.3, 0.4) is 0 Å².